The van der Waals surface area contributed by atoms with Crippen molar-refractivity contribution in [2.24, 2.45) is 0 Å². The molecule has 1 aromatic rings. The zero-order chi connectivity index (χ0) is 12.7. The lowest BCUT2D eigenvalue weighted by atomic mass is 10.2. The second-order valence-electron chi connectivity index (χ2n) is 3.80. The second kappa shape index (κ2) is 7.83. The molecule has 0 spiro atoms. The predicted molar refractivity (Wildman–Crippen MR) is 75.3 cm³/mol. The summed E-state index contributed by atoms with van der Waals surface area (Å²) in [5, 5.41) is 0. The van der Waals surface area contributed by atoms with Gasteiger partial charge < -0.3 is 9.47 Å². The first-order valence-electron chi connectivity index (χ1n) is 5.78. The summed E-state index contributed by atoms with van der Waals surface area (Å²) in [5.74, 6) is 1.95. The van der Waals surface area contributed by atoms with Crippen molar-refractivity contribution < 1.29 is 9.47 Å². The van der Waals surface area contributed by atoms with E-state index in [1.807, 2.05) is 12.1 Å². The van der Waals surface area contributed by atoms with E-state index in [-0.39, 0.29) is 0 Å². The predicted octanol–water partition coefficient (Wildman–Crippen LogP) is 4.77. The van der Waals surface area contributed by atoms with Crippen LogP contribution in [0.2, 0.25) is 0 Å². The molecule has 0 aliphatic carbocycles. The monoisotopic (exact) mass is 320 g/mol. The standard InChI is InChI=1S/C13H18BrClO2/c1-3-4-5-6-17-13-11(14)7-10(9-15)8-12(13)16-2/h7-8H,3-6,9H2,1-2H3. The highest BCUT2D eigenvalue weighted by atomic mass is 79.9. The Morgan fingerprint density at radius 3 is 2.65 bits per heavy atom. The van der Waals surface area contributed by atoms with Gasteiger partial charge in [-0.05, 0) is 40.0 Å². The summed E-state index contributed by atoms with van der Waals surface area (Å²) < 4.78 is 12.0. The van der Waals surface area contributed by atoms with Gasteiger partial charge in [0.1, 0.15) is 0 Å². The minimum Gasteiger partial charge on any atom is -0.493 e. The van der Waals surface area contributed by atoms with Gasteiger partial charge >= 0.3 is 0 Å². The first kappa shape index (κ1) is 14.7. The summed E-state index contributed by atoms with van der Waals surface area (Å²) >= 11 is 9.29. The van der Waals surface area contributed by atoms with Crippen LogP contribution in [-0.4, -0.2) is 13.7 Å². The van der Waals surface area contributed by atoms with Gasteiger partial charge in [0, 0.05) is 5.88 Å². The van der Waals surface area contributed by atoms with Crippen LogP contribution < -0.4 is 9.47 Å². The highest BCUT2D eigenvalue weighted by molar-refractivity contribution is 9.10. The Hall–Kier alpha value is -0.410. The summed E-state index contributed by atoms with van der Waals surface area (Å²) in [6, 6.07) is 3.87. The summed E-state index contributed by atoms with van der Waals surface area (Å²) in [6.45, 7) is 2.88. The van der Waals surface area contributed by atoms with E-state index in [0.29, 0.717) is 12.5 Å². The Labute approximate surface area is 116 Å². The van der Waals surface area contributed by atoms with E-state index in [0.717, 1.165) is 28.0 Å². The minimum atomic E-state index is 0.463. The Bertz CT molecular complexity index is 356. The van der Waals surface area contributed by atoms with Gasteiger partial charge in [0.25, 0.3) is 0 Å². The first-order valence-corrected chi connectivity index (χ1v) is 7.10. The Kier molecular flexibility index (Phi) is 6.75. The van der Waals surface area contributed by atoms with Crippen LogP contribution in [0.15, 0.2) is 16.6 Å². The molecule has 0 amide bonds. The zero-order valence-corrected chi connectivity index (χ0v) is 12.6. The Balaban J connectivity index is 2.75. The SMILES string of the molecule is CCCCCOc1c(Br)cc(CCl)cc1OC. The van der Waals surface area contributed by atoms with Gasteiger partial charge in [-0.1, -0.05) is 19.8 Å². The molecule has 1 aromatic carbocycles. The maximum atomic E-state index is 5.81. The molecule has 2 nitrogen and oxygen atoms in total. The van der Waals surface area contributed by atoms with Crippen molar-refractivity contribution >= 4 is 27.5 Å². The number of hydrogen-bond acceptors (Lipinski definition) is 2. The molecule has 0 aliphatic rings. The number of hydrogen-bond donors (Lipinski definition) is 0. The first-order chi connectivity index (χ1) is 8.22. The number of rotatable bonds is 7. The van der Waals surface area contributed by atoms with Crippen molar-refractivity contribution in [1.82, 2.24) is 0 Å². The fourth-order valence-corrected chi connectivity index (χ4v) is 2.27. The summed E-state index contributed by atoms with van der Waals surface area (Å²) in [4.78, 5) is 0. The van der Waals surface area contributed by atoms with Crippen molar-refractivity contribution in [2.75, 3.05) is 13.7 Å². The number of methoxy groups -OCH3 is 1. The van der Waals surface area contributed by atoms with Crippen LogP contribution in [0, 0.1) is 0 Å². The van der Waals surface area contributed by atoms with Crippen LogP contribution in [0.3, 0.4) is 0 Å². The largest absolute Gasteiger partial charge is 0.493 e. The van der Waals surface area contributed by atoms with Gasteiger partial charge in [-0.3, -0.25) is 0 Å². The maximum Gasteiger partial charge on any atom is 0.175 e. The molecule has 0 atom stereocenters. The molecule has 96 valence electrons. The molecule has 0 heterocycles. The van der Waals surface area contributed by atoms with Crippen molar-refractivity contribution in [1.29, 1.82) is 0 Å². The fourth-order valence-electron chi connectivity index (χ4n) is 1.52. The van der Waals surface area contributed by atoms with E-state index >= 15 is 0 Å². The van der Waals surface area contributed by atoms with E-state index in [9.17, 15) is 0 Å². The normalized spacial score (nSPS) is 10.4. The van der Waals surface area contributed by atoms with Crippen LogP contribution >= 0.6 is 27.5 Å². The molecule has 1 rings (SSSR count). The number of benzene rings is 1. The van der Waals surface area contributed by atoms with Gasteiger partial charge in [0.15, 0.2) is 11.5 Å². The smallest absolute Gasteiger partial charge is 0.175 e. The third-order valence-electron chi connectivity index (χ3n) is 2.44. The van der Waals surface area contributed by atoms with E-state index < -0.39 is 0 Å². The molecular weight excluding hydrogens is 303 g/mol. The van der Waals surface area contributed by atoms with E-state index in [1.165, 1.54) is 12.8 Å². The van der Waals surface area contributed by atoms with Gasteiger partial charge in [-0.15, -0.1) is 11.6 Å². The third kappa shape index (κ3) is 4.40. The molecule has 0 bridgehead atoms. The minimum absolute atomic E-state index is 0.463. The molecule has 0 aliphatic heterocycles. The zero-order valence-electron chi connectivity index (χ0n) is 10.3. The second-order valence-corrected chi connectivity index (χ2v) is 4.92. The van der Waals surface area contributed by atoms with Crippen molar-refractivity contribution in [3.05, 3.63) is 22.2 Å². The third-order valence-corrected chi connectivity index (χ3v) is 3.34. The number of unbranched alkanes of at least 4 members (excludes halogenated alkanes) is 2. The quantitative estimate of drug-likeness (QED) is 0.532. The molecule has 0 fully saturated rings. The fraction of sp³-hybridized carbons (Fsp3) is 0.538. The Morgan fingerprint density at radius 1 is 1.29 bits per heavy atom. The number of halogens is 2. The van der Waals surface area contributed by atoms with Crippen LogP contribution in [0.5, 0.6) is 11.5 Å². The molecule has 4 heteroatoms. The van der Waals surface area contributed by atoms with Crippen molar-refractivity contribution in [3.63, 3.8) is 0 Å². The van der Waals surface area contributed by atoms with Gasteiger partial charge in [0.05, 0.1) is 18.2 Å². The molecule has 0 unspecified atom stereocenters. The van der Waals surface area contributed by atoms with Crippen molar-refractivity contribution in [2.45, 2.75) is 32.1 Å². The number of ether oxygens (including phenoxy) is 2. The van der Waals surface area contributed by atoms with Gasteiger partial charge in [-0.2, -0.15) is 0 Å². The lowest BCUT2D eigenvalue weighted by Gasteiger charge is -2.13. The van der Waals surface area contributed by atoms with Crippen molar-refractivity contribution in [3.8, 4) is 11.5 Å². The molecular formula is C13H18BrClO2. The highest BCUT2D eigenvalue weighted by Crippen LogP contribution is 2.37. The molecule has 0 saturated heterocycles. The number of alkyl halides is 1. The summed E-state index contributed by atoms with van der Waals surface area (Å²) in [6.07, 6.45) is 3.43. The van der Waals surface area contributed by atoms with Crippen LogP contribution in [0.25, 0.3) is 0 Å². The van der Waals surface area contributed by atoms with Crippen LogP contribution in [0.4, 0.5) is 0 Å². The molecule has 0 radical (unpaired) electrons. The summed E-state index contributed by atoms with van der Waals surface area (Å²) in [5.41, 5.74) is 1.01. The molecule has 0 aromatic heterocycles. The molecule has 17 heavy (non-hydrogen) atoms. The van der Waals surface area contributed by atoms with Gasteiger partial charge in [-0.25, -0.2) is 0 Å². The van der Waals surface area contributed by atoms with Gasteiger partial charge in [0.2, 0.25) is 0 Å². The average Bonchev–Trinajstić information content (AvgIpc) is 2.35. The average molecular weight is 322 g/mol. The van der Waals surface area contributed by atoms with Crippen LogP contribution in [0.1, 0.15) is 31.7 Å². The summed E-state index contributed by atoms with van der Waals surface area (Å²) in [7, 11) is 1.64. The van der Waals surface area contributed by atoms with Crippen LogP contribution in [-0.2, 0) is 5.88 Å². The maximum absolute atomic E-state index is 5.81. The topological polar surface area (TPSA) is 18.5 Å². The lowest BCUT2D eigenvalue weighted by Crippen LogP contribution is -2.00. The van der Waals surface area contributed by atoms with E-state index in [4.69, 9.17) is 21.1 Å². The molecule has 0 N–H and O–H groups in total. The van der Waals surface area contributed by atoms with E-state index in [2.05, 4.69) is 22.9 Å². The van der Waals surface area contributed by atoms with E-state index in [1.54, 1.807) is 7.11 Å². The highest BCUT2D eigenvalue weighted by Gasteiger charge is 2.11. The Morgan fingerprint density at radius 2 is 2.06 bits per heavy atom. The molecule has 0 saturated carbocycles. The lowest BCUT2D eigenvalue weighted by molar-refractivity contribution is 0.284.